The van der Waals surface area contributed by atoms with Crippen LogP contribution in [0.2, 0.25) is 0 Å². The highest BCUT2D eigenvalue weighted by Gasteiger charge is 2.37. The van der Waals surface area contributed by atoms with Crippen LogP contribution in [0.15, 0.2) is 0 Å². The molecule has 0 aliphatic carbocycles. The van der Waals surface area contributed by atoms with Crippen molar-refractivity contribution in [2.75, 3.05) is 0 Å². The summed E-state index contributed by atoms with van der Waals surface area (Å²) in [5.74, 6) is 0.143. The molecule has 13 heavy (non-hydrogen) atoms. The van der Waals surface area contributed by atoms with Crippen molar-refractivity contribution in [3.8, 4) is 0 Å². The maximum Gasteiger partial charge on any atom is 0.312 e. The van der Waals surface area contributed by atoms with Gasteiger partial charge in [0.05, 0.1) is 5.92 Å². The van der Waals surface area contributed by atoms with Gasteiger partial charge in [0.15, 0.2) is 0 Å². The molecule has 1 aliphatic rings. The summed E-state index contributed by atoms with van der Waals surface area (Å²) in [7, 11) is 0. The normalized spacial score (nSPS) is 26.8. The van der Waals surface area contributed by atoms with Crippen LogP contribution in [0.25, 0.3) is 0 Å². The summed E-state index contributed by atoms with van der Waals surface area (Å²) in [4.78, 5) is 10.8. The van der Waals surface area contributed by atoms with Gasteiger partial charge in [0.2, 0.25) is 0 Å². The van der Waals surface area contributed by atoms with Gasteiger partial charge in [-0.3, -0.25) is 4.79 Å². The van der Waals surface area contributed by atoms with Gasteiger partial charge in [-0.2, -0.15) is 0 Å². The lowest BCUT2D eigenvalue weighted by Crippen LogP contribution is -2.42. The summed E-state index contributed by atoms with van der Waals surface area (Å²) < 4.78 is 5.02. The molecule has 0 amide bonds. The Hall–Kier alpha value is -0.530. The standard InChI is InChI=1S/C11H20O2/c1-3-4-5-6-7-8-10-9(2)11(12)13-10/h9-10H,3-8H2,1-2H3/t9-,10+/m0/s1. The number of ether oxygens (including phenoxy) is 1. The molecule has 1 saturated heterocycles. The molecule has 2 atom stereocenters. The highest BCUT2D eigenvalue weighted by atomic mass is 16.6. The van der Waals surface area contributed by atoms with Crippen LogP contribution >= 0.6 is 0 Å². The molecule has 1 fully saturated rings. The summed E-state index contributed by atoms with van der Waals surface area (Å²) in [6.45, 7) is 4.18. The molecule has 2 heteroatoms. The summed E-state index contributed by atoms with van der Waals surface area (Å²) in [6.07, 6.45) is 7.74. The summed E-state index contributed by atoms with van der Waals surface area (Å²) >= 11 is 0. The van der Waals surface area contributed by atoms with E-state index in [1.807, 2.05) is 6.92 Å². The number of carbonyl (C=O) groups excluding carboxylic acids is 1. The largest absolute Gasteiger partial charge is 0.461 e. The maximum absolute atomic E-state index is 10.8. The van der Waals surface area contributed by atoms with Crippen molar-refractivity contribution >= 4 is 5.97 Å². The fourth-order valence-electron chi connectivity index (χ4n) is 1.70. The first-order chi connectivity index (χ1) is 6.25. The number of unbranched alkanes of at least 4 members (excludes halogenated alkanes) is 4. The van der Waals surface area contributed by atoms with Gasteiger partial charge in [-0.25, -0.2) is 0 Å². The van der Waals surface area contributed by atoms with Gasteiger partial charge >= 0.3 is 5.97 Å². The van der Waals surface area contributed by atoms with Gasteiger partial charge in [-0.1, -0.05) is 32.6 Å². The van der Waals surface area contributed by atoms with Gasteiger partial charge in [0, 0.05) is 0 Å². The number of hydrogen-bond acceptors (Lipinski definition) is 2. The molecule has 0 aromatic rings. The Kier molecular flexibility index (Phi) is 4.26. The van der Waals surface area contributed by atoms with E-state index in [0.717, 1.165) is 6.42 Å². The fraction of sp³-hybridized carbons (Fsp3) is 0.909. The predicted molar refractivity (Wildman–Crippen MR) is 52.4 cm³/mol. The van der Waals surface area contributed by atoms with E-state index in [2.05, 4.69) is 6.92 Å². The zero-order valence-electron chi connectivity index (χ0n) is 8.71. The van der Waals surface area contributed by atoms with E-state index in [-0.39, 0.29) is 18.0 Å². The molecule has 1 heterocycles. The van der Waals surface area contributed by atoms with Crippen LogP contribution in [0.1, 0.15) is 52.4 Å². The summed E-state index contributed by atoms with van der Waals surface area (Å²) in [5.41, 5.74) is 0. The first-order valence-electron chi connectivity index (χ1n) is 5.46. The second-order valence-corrected chi connectivity index (χ2v) is 3.97. The molecule has 0 radical (unpaired) electrons. The van der Waals surface area contributed by atoms with E-state index in [1.165, 1.54) is 32.1 Å². The minimum absolute atomic E-state index is 0.0152. The van der Waals surface area contributed by atoms with Crippen LogP contribution in [0.4, 0.5) is 0 Å². The number of cyclic esters (lactones) is 1. The Morgan fingerprint density at radius 1 is 1.23 bits per heavy atom. The first-order valence-corrected chi connectivity index (χ1v) is 5.46. The average molecular weight is 184 g/mol. The van der Waals surface area contributed by atoms with Crippen molar-refractivity contribution in [3.05, 3.63) is 0 Å². The number of hydrogen-bond donors (Lipinski definition) is 0. The smallest absolute Gasteiger partial charge is 0.312 e. The number of rotatable bonds is 6. The van der Waals surface area contributed by atoms with Crippen LogP contribution in [0.3, 0.4) is 0 Å². The summed E-state index contributed by atoms with van der Waals surface area (Å²) in [5, 5.41) is 0. The van der Waals surface area contributed by atoms with Crippen LogP contribution in [0.5, 0.6) is 0 Å². The van der Waals surface area contributed by atoms with E-state index < -0.39 is 0 Å². The first kappa shape index (κ1) is 10.6. The monoisotopic (exact) mass is 184 g/mol. The Balaban J connectivity index is 1.92. The van der Waals surface area contributed by atoms with Crippen molar-refractivity contribution in [1.29, 1.82) is 0 Å². The highest BCUT2D eigenvalue weighted by molar-refractivity contribution is 5.77. The van der Waals surface area contributed by atoms with E-state index in [9.17, 15) is 4.79 Å². The molecule has 0 aromatic heterocycles. The Morgan fingerprint density at radius 2 is 1.92 bits per heavy atom. The third kappa shape index (κ3) is 3.02. The zero-order valence-corrected chi connectivity index (χ0v) is 8.71. The fourth-order valence-corrected chi connectivity index (χ4v) is 1.70. The molecule has 1 rings (SSSR count). The van der Waals surface area contributed by atoms with Crippen molar-refractivity contribution < 1.29 is 9.53 Å². The van der Waals surface area contributed by atoms with Gasteiger partial charge in [0.25, 0.3) is 0 Å². The van der Waals surface area contributed by atoms with Crippen LogP contribution in [-0.4, -0.2) is 12.1 Å². The van der Waals surface area contributed by atoms with Crippen LogP contribution in [0, 0.1) is 5.92 Å². The van der Waals surface area contributed by atoms with Crippen molar-refractivity contribution in [2.45, 2.75) is 58.5 Å². The predicted octanol–water partition coefficient (Wildman–Crippen LogP) is 2.91. The minimum Gasteiger partial charge on any atom is -0.461 e. The van der Waals surface area contributed by atoms with Crippen LogP contribution in [-0.2, 0) is 9.53 Å². The molecular weight excluding hydrogens is 164 g/mol. The molecule has 0 unspecified atom stereocenters. The molecule has 0 bridgehead atoms. The molecule has 76 valence electrons. The molecular formula is C11H20O2. The quantitative estimate of drug-likeness (QED) is 0.468. The second kappa shape index (κ2) is 5.25. The van der Waals surface area contributed by atoms with E-state index >= 15 is 0 Å². The average Bonchev–Trinajstić information content (AvgIpc) is 2.15. The molecule has 1 aliphatic heterocycles. The topological polar surface area (TPSA) is 26.3 Å². The Bertz CT molecular complexity index is 165. The minimum atomic E-state index is -0.0152. The molecule has 0 saturated carbocycles. The third-order valence-electron chi connectivity index (χ3n) is 2.79. The second-order valence-electron chi connectivity index (χ2n) is 3.97. The van der Waals surface area contributed by atoms with E-state index in [1.54, 1.807) is 0 Å². The summed E-state index contributed by atoms with van der Waals surface area (Å²) in [6, 6.07) is 0. The van der Waals surface area contributed by atoms with Gasteiger partial charge in [-0.05, 0) is 19.8 Å². The highest BCUT2D eigenvalue weighted by Crippen LogP contribution is 2.26. The lowest BCUT2D eigenvalue weighted by atomic mass is 9.94. The number of esters is 1. The van der Waals surface area contributed by atoms with E-state index in [0.29, 0.717) is 0 Å². The maximum atomic E-state index is 10.8. The van der Waals surface area contributed by atoms with Crippen molar-refractivity contribution in [3.63, 3.8) is 0 Å². The third-order valence-corrected chi connectivity index (χ3v) is 2.79. The van der Waals surface area contributed by atoms with Crippen LogP contribution < -0.4 is 0 Å². The number of carbonyl (C=O) groups is 1. The molecule has 0 aromatic carbocycles. The Labute approximate surface area is 80.7 Å². The lowest BCUT2D eigenvalue weighted by Gasteiger charge is -2.32. The van der Waals surface area contributed by atoms with Crippen molar-refractivity contribution in [1.82, 2.24) is 0 Å². The van der Waals surface area contributed by atoms with E-state index in [4.69, 9.17) is 4.74 Å². The lowest BCUT2D eigenvalue weighted by molar-refractivity contribution is -0.183. The van der Waals surface area contributed by atoms with Gasteiger partial charge < -0.3 is 4.74 Å². The SMILES string of the molecule is CCCCCCC[C@H]1OC(=O)[C@H]1C. The Morgan fingerprint density at radius 3 is 2.46 bits per heavy atom. The molecule has 0 N–H and O–H groups in total. The zero-order chi connectivity index (χ0) is 9.68. The van der Waals surface area contributed by atoms with Crippen molar-refractivity contribution in [2.24, 2.45) is 5.92 Å². The molecule has 0 spiro atoms. The van der Waals surface area contributed by atoms with Gasteiger partial charge in [0.1, 0.15) is 6.10 Å². The van der Waals surface area contributed by atoms with Gasteiger partial charge in [-0.15, -0.1) is 0 Å². The molecule has 2 nitrogen and oxygen atoms in total.